The molecule has 0 aliphatic heterocycles. The van der Waals surface area contributed by atoms with Crippen molar-refractivity contribution in [3.8, 4) is 5.69 Å². The smallest absolute Gasteiger partial charge is 0.137 e. The second-order valence-electron chi connectivity index (χ2n) is 7.12. The van der Waals surface area contributed by atoms with Crippen LogP contribution >= 0.6 is 0 Å². The van der Waals surface area contributed by atoms with E-state index in [4.69, 9.17) is 4.42 Å². The Balaban J connectivity index is 1.95. The fraction of sp³-hybridized carbons (Fsp3) is 0.0400. The van der Waals surface area contributed by atoms with Crippen LogP contribution in [-0.4, -0.2) is 4.57 Å². The lowest BCUT2D eigenvalue weighted by molar-refractivity contribution is 0.669. The normalized spacial score (nSPS) is 11.9. The van der Waals surface area contributed by atoms with Gasteiger partial charge in [0.05, 0.1) is 16.4 Å². The molecular weight excluding hydrogens is 330 g/mol. The van der Waals surface area contributed by atoms with Gasteiger partial charge in [-0.1, -0.05) is 48.0 Å². The van der Waals surface area contributed by atoms with Crippen molar-refractivity contribution in [3.05, 3.63) is 90.5 Å². The summed E-state index contributed by atoms with van der Waals surface area (Å²) in [5, 5.41) is 4.88. The van der Waals surface area contributed by atoms with Gasteiger partial charge in [-0.05, 0) is 49.4 Å². The lowest BCUT2D eigenvalue weighted by Crippen LogP contribution is -1.93. The Bertz CT molecular complexity index is 1470. The van der Waals surface area contributed by atoms with Gasteiger partial charge in [-0.2, -0.15) is 0 Å². The van der Waals surface area contributed by atoms with Gasteiger partial charge in [0.2, 0.25) is 0 Å². The predicted molar refractivity (Wildman–Crippen MR) is 113 cm³/mol. The van der Waals surface area contributed by atoms with Crippen molar-refractivity contribution in [1.29, 1.82) is 0 Å². The average molecular weight is 347 g/mol. The molecule has 0 saturated heterocycles. The molecule has 0 unspecified atom stereocenters. The zero-order chi connectivity index (χ0) is 18.0. The first-order chi connectivity index (χ1) is 13.3. The quantitative estimate of drug-likeness (QED) is 0.313. The number of aryl methyl sites for hydroxylation is 1. The molecule has 27 heavy (non-hydrogen) atoms. The van der Waals surface area contributed by atoms with E-state index >= 15 is 0 Å². The largest absolute Gasteiger partial charge is 0.456 e. The van der Waals surface area contributed by atoms with Crippen LogP contribution in [0.1, 0.15) is 5.56 Å². The van der Waals surface area contributed by atoms with E-state index in [9.17, 15) is 0 Å². The fourth-order valence-corrected chi connectivity index (χ4v) is 4.28. The summed E-state index contributed by atoms with van der Waals surface area (Å²) in [5.41, 5.74) is 6.70. The number of nitrogens with zero attached hydrogens (tertiary/aromatic N) is 1. The van der Waals surface area contributed by atoms with E-state index in [-0.39, 0.29) is 0 Å². The molecule has 2 nitrogen and oxygen atoms in total. The number of furan rings is 1. The lowest BCUT2D eigenvalue weighted by Gasteiger charge is -2.08. The van der Waals surface area contributed by atoms with Gasteiger partial charge in [0, 0.05) is 21.8 Å². The summed E-state index contributed by atoms with van der Waals surface area (Å²) in [4.78, 5) is 0. The fourth-order valence-electron chi connectivity index (χ4n) is 4.28. The molecule has 0 saturated carbocycles. The molecule has 0 aliphatic carbocycles. The Morgan fingerprint density at radius 3 is 2.33 bits per heavy atom. The Morgan fingerprint density at radius 2 is 1.44 bits per heavy atom. The summed E-state index contributed by atoms with van der Waals surface area (Å²) < 4.78 is 8.55. The molecule has 0 spiro atoms. The van der Waals surface area contributed by atoms with E-state index in [1.54, 1.807) is 0 Å². The number of rotatable bonds is 1. The van der Waals surface area contributed by atoms with E-state index in [0.29, 0.717) is 0 Å². The van der Waals surface area contributed by atoms with Crippen LogP contribution in [0.5, 0.6) is 0 Å². The van der Waals surface area contributed by atoms with Crippen molar-refractivity contribution in [2.75, 3.05) is 0 Å². The summed E-state index contributed by atoms with van der Waals surface area (Å²) in [6.07, 6.45) is 0. The summed E-state index contributed by atoms with van der Waals surface area (Å²) in [6, 6.07) is 29.9. The van der Waals surface area contributed by atoms with E-state index in [2.05, 4.69) is 96.4 Å². The summed E-state index contributed by atoms with van der Waals surface area (Å²) >= 11 is 0. The number of benzene rings is 4. The number of fused-ring (bicyclic) bond motifs is 7. The van der Waals surface area contributed by atoms with Gasteiger partial charge in [-0.3, -0.25) is 0 Å². The van der Waals surface area contributed by atoms with Crippen LogP contribution in [0.15, 0.2) is 89.3 Å². The maximum absolute atomic E-state index is 6.19. The van der Waals surface area contributed by atoms with E-state index in [1.807, 2.05) is 0 Å². The van der Waals surface area contributed by atoms with E-state index in [1.165, 1.54) is 43.8 Å². The molecule has 128 valence electrons. The first kappa shape index (κ1) is 14.6. The lowest BCUT2D eigenvalue weighted by atomic mass is 10.1. The molecule has 2 heteroatoms. The highest BCUT2D eigenvalue weighted by molar-refractivity contribution is 6.24. The van der Waals surface area contributed by atoms with Gasteiger partial charge in [0.25, 0.3) is 0 Å². The summed E-state index contributed by atoms with van der Waals surface area (Å²) in [7, 11) is 0. The van der Waals surface area contributed by atoms with Crippen molar-refractivity contribution in [1.82, 2.24) is 4.57 Å². The highest BCUT2D eigenvalue weighted by Gasteiger charge is 2.18. The van der Waals surface area contributed by atoms with Crippen LogP contribution in [-0.2, 0) is 0 Å². The number of aromatic nitrogens is 1. The molecule has 0 atom stereocenters. The number of hydrogen-bond donors (Lipinski definition) is 0. The van der Waals surface area contributed by atoms with Gasteiger partial charge >= 0.3 is 0 Å². The molecular formula is C25H17NO. The molecule has 2 aromatic heterocycles. The maximum atomic E-state index is 6.19. The van der Waals surface area contributed by atoms with Crippen LogP contribution in [0.4, 0.5) is 0 Å². The molecule has 0 aliphatic rings. The molecule has 0 bridgehead atoms. The van der Waals surface area contributed by atoms with Gasteiger partial charge in [0.15, 0.2) is 0 Å². The van der Waals surface area contributed by atoms with E-state index in [0.717, 1.165) is 11.2 Å². The third kappa shape index (κ3) is 1.95. The third-order valence-electron chi connectivity index (χ3n) is 5.44. The molecule has 0 N–H and O–H groups in total. The van der Waals surface area contributed by atoms with Crippen molar-refractivity contribution < 1.29 is 4.42 Å². The van der Waals surface area contributed by atoms with Crippen LogP contribution in [0.2, 0.25) is 0 Å². The Labute approximate surface area is 156 Å². The highest BCUT2D eigenvalue weighted by atomic mass is 16.3. The molecule has 6 aromatic rings. The maximum Gasteiger partial charge on any atom is 0.137 e. The van der Waals surface area contributed by atoms with Crippen LogP contribution < -0.4 is 0 Å². The zero-order valence-corrected chi connectivity index (χ0v) is 14.9. The van der Waals surface area contributed by atoms with Crippen LogP contribution in [0.3, 0.4) is 0 Å². The minimum atomic E-state index is 0.933. The van der Waals surface area contributed by atoms with E-state index < -0.39 is 0 Å². The number of hydrogen-bond acceptors (Lipinski definition) is 1. The molecule has 6 rings (SSSR count). The zero-order valence-electron chi connectivity index (χ0n) is 14.9. The van der Waals surface area contributed by atoms with Crippen molar-refractivity contribution >= 4 is 43.7 Å². The second-order valence-corrected chi connectivity index (χ2v) is 7.12. The van der Waals surface area contributed by atoms with Gasteiger partial charge < -0.3 is 8.98 Å². The Kier molecular flexibility index (Phi) is 2.84. The molecule has 0 fully saturated rings. The third-order valence-corrected chi connectivity index (χ3v) is 5.44. The van der Waals surface area contributed by atoms with Gasteiger partial charge in [0.1, 0.15) is 11.2 Å². The minimum Gasteiger partial charge on any atom is -0.456 e. The summed E-state index contributed by atoms with van der Waals surface area (Å²) in [6.45, 7) is 2.13. The first-order valence-electron chi connectivity index (χ1n) is 9.22. The molecule has 2 heterocycles. The molecule has 4 aromatic carbocycles. The van der Waals surface area contributed by atoms with Gasteiger partial charge in [-0.15, -0.1) is 0 Å². The summed E-state index contributed by atoms with van der Waals surface area (Å²) in [5.74, 6) is 0. The highest BCUT2D eigenvalue weighted by Crippen LogP contribution is 2.40. The van der Waals surface area contributed by atoms with Gasteiger partial charge in [-0.25, -0.2) is 0 Å². The molecule has 0 amide bonds. The Morgan fingerprint density at radius 1 is 0.667 bits per heavy atom. The monoisotopic (exact) mass is 347 g/mol. The predicted octanol–water partition coefficient (Wildman–Crippen LogP) is 6.99. The second kappa shape index (κ2) is 5.24. The van der Waals surface area contributed by atoms with Crippen molar-refractivity contribution in [3.63, 3.8) is 0 Å². The average Bonchev–Trinajstić information content (AvgIpc) is 3.23. The molecule has 0 radical (unpaired) electrons. The number of para-hydroxylation sites is 2. The standard InChI is InChI=1S/C25H17NO/c1-16-11-13-22-20(15-16)24-23(27-22)14-12-19-18-9-5-6-10-21(18)26(25(19)24)17-7-3-2-4-8-17/h2-15H,1H3. The Hall–Kier alpha value is -3.52. The van der Waals surface area contributed by atoms with Crippen LogP contribution in [0.25, 0.3) is 49.4 Å². The SMILES string of the molecule is Cc1ccc2oc3ccc4c5ccccc5n(-c5ccccc5)c4c3c2c1. The minimum absolute atomic E-state index is 0.933. The topological polar surface area (TPSA) is 18.1 Å². The van der Waals surface area contributed by atoms with Crippen molar-refractivity contribution in [2.45, 2.75) is 6.92 Å². The van der Waals surface area contributed by atoms with Crippen molar-refractivity contribution in [2.24, 2.45) is 0 Å². The first-order valence-corrected chi connectivity index (χ1v) is 9.22. The van der Waals surface area contributed by atoms with Crippen LogP contribution in [0, 0.1) is 6.92 Å².